The summed E-state index contributed by atoms with van der Waals surface area (Å²) in [7, 11) is -5.75. The molecule has 1 heterocycles. The molecule has 1 aliphatic heterocycles. The van der Waals surface area contributed by atoms with Crippen LogP contribution in [0, 0.1) is 0 Å². The fourth-order valence-electron chi connectivity index (χ4n) is 3.67. The Morgan fingerprint density at radius 1 is 0.906 bits per heavy atom. The number of carbonyl (C=O) groups excluding carboxylic acids is 2. The number of nitrogens with two attached hydrogens (primary N) is 1. The van der Waals surface area contributed by atoms with Gasteiger partial charge < -0.3 is 15.0 Å². The van der Waals surface area contributed by atoms with Crippen LogP contribution >= 0.6 is 0 Å². The van der Waals surface area contributed by atoms with Crippen LogP contribution < -0.4 is 11.2 Å². The molecule has 0 aliphatic carbocycles. The van der Waals surface area contributed by atoms with Crippen molar-refractivity contribution in [3.05, 3.63) is 65.2 Å². The van der Waals surface area contributed by atoms with E-state index in [0.29, 0.717) is 11.0 Å². The van der Waals surface area contributed by atoms with Crippen molar-refractivity contribution in [2.24, 2.45) is 5.73 Å². The van der Waals surface area contributed by atoms with Gasteiger partial charge in [-0.2, -0.15) is 8.42 Å². The lowest BCUT2D eigenvalue weighted by molar-refractivity contribution is -0.119. The van der Waals surface area contributed by atoms with E-state index < -0.39 is 39.1 Å². The van der Waals surface area contributed by atoms with Gasteiger partial charge in [0, 0.05) is 5.56 Å². The Bertz CT molecular complexity index is 1140. The topological polar surface area (TPSA) is 133 Å². The van der Waals surface area contributed by atoms with Crippen molar-refractivity contribution in [1.29, 1.82) is 0 Å². The van der Waals surface area contributed by atoms with Crippen LogP contribution in [0.5, 0.6) is 0 Å². The van der Waals surface area contributed by atoms with Gasteiger partial charge in [-0.15, -0.1) is 0 Å². The lowest BCUT2D eigenvalue weighted by Crippen LogP contribution is -2.48. The lowest BCUT2D eigenvalue weighted by atomic mass is 9.77. The zero-order valence-corrected chi connectivity index (χ0v) is 19.4. The van der Waals surface area contributed by atoms with E-state index in [1.807, 2.05) is 27.7 Å². The second-order valence-electron chi connectivity index (χ2n) is 8.86. The monoisotopic (exact) mass is 459 g/mol. The summed E-state index contributed by atoms with van der Waals surface area (Å²) < 4.78 is 44.7. The number of Topliss-reactive ketones (excluding diaryl/α,β-unsaturated/α-hetero) is 1. The van der Waals surface area contributed by atoms with Crippen molar-refractivity contribution in [1.82, 2.24) is 0 Å². The number of rotatable bonds is 6. The lowest BCUT2D eigenvalue weighted by Gasteiger charge is -2.32. The van der Waals surface area contributed by atoms with Crippen molar-refractivity contribution >= 4 is 34.4 Å². The number of benzene rings is 2. The van der Waals surface area contributed by atoms with Crippen molar-refractivity contribution in [3.8, 4) is 0 Å². The summed E-state index contributed by atoms with van der Waals surface area (Å²) in [6, 6.07) is 11.2. The normalized spacial score (nSPS) is 19.4. The molecule has 1 amide bonds. The summed E-state index contributed by atoms with van der Waals surface area (Å²) in [5, 5.41) is 0. The number of amides is 1. The molecule has 0 aromatic heterocycles. The molecule has 32 heavy (non-hydrogen) atoms. The van der Waals surface area contributed by atoms with Crippen molar-refractivity contribution in [2.45, 2.75) is 50.6 Å². The highest BCUT2D eigenvalue weighted by Gasteiger charge is 2.54. The Labute approximate surface area is 188 Å². The van der Waals surface area contributed by atoms with Crippen LogP contribution in [0.4, 0.5) is 0 Å². The van der Waals surface area contributed by atoms with Crippen molar-refractivity contribution in [2.75, 3.05) is 0 Å². The van der Waals surface area contributed by atoms with Gasteiger partial charge in [-0.3, -0.25) is 14.1 Å². The van der Waals surface area contributed by atoms with E-state index in [2.05, 4.69) is 0 Å². The summed E-state index contributed by atoms with van der Waals surface area (Å²) in [6.07, 6.45) is 0. The maximum Gasteiger partial charge on any atom is 0.494 e. The molecular formula is C22H26BNO7S. The molecule has 1 unspecified atom stereocenters. The highest BCUT2D eigenvalue weighted by Crippen LogP contribution is 2.39. The first-order valence-corrected chi connectivity index (χ1v) is 11.4. The van der Waals surface area contributed by atoms with Gasteiger partial charge in [-0.25, -0.2) is 0 Å². The highest BCUT2D eigenvalue weighted by atomic mass is 32.2. The number of ketones is 1. The van der Waals surface area contributed by atoms with Crippen LogP contribution in [0.3, 0.4) is 0 Å². The molecule has 0 radical (unpaired) electrons. The molecule has 0 saturated carbocycles. The summed E-state index contributed by atoms with van der Waals surface area (Å²) in [5.74, 6) is -1.51. The van der Waals surface area contributed by atoms with E-state index in [4.69, 9.17) is 15.0 Å². The maximum absolute atomic E-state index is 12.6. The molecule has 1 atom stereocenters. The predicted octanol–water partition coefficient (Wildman–Crippen LogP) is 1.81. The molecule has 2 aromatic rings. The molecule has 3 N–H and O–H groups in total. The molecule has 3 rings (SSSR count). The molecule has 1 saturated heterocycles. The quantitative estimate of drug-likeness (QED) is 0.382. The number of hydrogen-bond donors (Lipinski definition) is 2. The van der Waals surface area contributed by atoms with Crippen LogP contribution in [-0.2, 0) is 29.0 Å². The Kier molecular flexibility index (Phi) is 5.88. The van der Waals surface area contributed by atoms with Gasteiger partial charge in [0.1, 0.15) is 0 Å². The van der Waals surface area contributed by atoms with Gasteiger partial charge in [0.05, 0.1) is 11.2 Å². The Hall–Kier alpha value is -2.53. The van der Waals surface area contributed by atoms with Gasteiger partial charge in [0.2, 0.25) is 4.75 Å². The van der Waals surface area contributed by atoms with Gasteiger partial charge in [0.15, 0.2) is 5.78 Å². The Morgan fingerprint density at radius 2 is 1.31 bits per heavy atom. The number of hydrogen-bond acceptors (Lipinski definition) is 6. The standard InChI is InChI=1S/C22H26BNO7S/c1-14(25)15-6-8-16(9-7-15)22(19(24)26,32(27,28)29)17-10-12-18(13-11-17)23-30-20(2,3)21(4,5)31-23/h6-13H,1-5H3,(H2,24,26)(H,27,28,29). The van der Waals surface area contributed by atoms with E-state index in [-0.39, 0.29) is 16.9 Å². The fourth-order valence-corrected chi connectivity index (χ4v) is 4.79. The molecule has 0 spiro atoms. The minimum Gasteiger partial charge on any atom is -0.399 e. The molecular weight excluding hydrogens is 433 g/mol. The van der Waals surface area contributed by atoms with Crippen LogP contribution in [-0.4, -0.2) is 43.0 Å². The smallest absolute Gasteiger partial charge is 0.399 e. The molecule has 8 nitrogen and oxygen atoms in total. The molecule has 1 fully saturated rings. The van der Waals surface area contributed by atoms with Crippen LogP contribution in [0.25, 0.3) is 0 Å². The van der Waals surface area contributed by atoms with Crippen molar-refractivity contribution < 1.29 is 31.9 Å². The van der Waals surface area contributed by atoms with Gasteiger partial charge in [-0.1, -0.05) is 48.5 Å². The zero-order chi connectivity index (χ0) is 24.1. The Morgan fingerprint density at radius 3 is 1.66 bits per heavy atom. The average Bonchev–Trinajstić information content (AvgIpc) is 2.89. The fraction of sp³-hybridized carbons (Fsp3) is 0.364. The third-order valence-electron chi connectivity index (χ3n) is 6.27. The molecule has 2 aromatic carbocycles. The maximum atomic E-state index is 12.6. The van der Waals surface area contributed by atoms with Gasteiger partial charge >= 0.3 is 7.12 Å². The second kappa shape index (κ2) is 7.81. The Balaban J connectivity index is 2.11. The van der Waals surface area contributed by atoms with E-state index in [1.165, 1.54) is 43.3 Å². The van der Waals surface area contributed by atoms with Crippen LogP contribution in [0.15, 0.2) is 48.5 Å². The predicted molar refractivity (Wildman–Crippen MR) is 120 cm³/mol. The number of carbonyl (C=O) groups is 2. The summed E-state index contributed by atoms with van der Waals surface area (Å²) in [5.41, 5.74) is 5.21. The first kappa shape index (κ1) is 24.1. The molecule has 170 valence electrons. The zero-order valence-electron chi connectivity index (χ0n) is 18.6. The summed E-state index contributed by atoms with van der Waals surface area (Å²) >= 11 is 0. The average molecular weight is 459 g/mol. The van der Waals surface area contributed by atoms with Gasteiger partial charge in [0.25, 0.3) is 16.0 Å². The van der Waals surface area contributed by atoms with Gasteiger partial charge in [-0.05, 0) is 51.2 Å². The third kappa shape index (κ3) is 3.77. The minimum atomic E-state index is -5.06. The molecule has 10 heteroatoms. The van der Waals surface area contributed by atoms with E-state index >= 15 is 0 Å². The van der Waals surface area contributed by atoms with E-state index in [0.717, 1.165) is 0 Å². The highest BCUT2D eigenvalue weighted by molar-refractivity contribution is 7.87. The van der Waals surface area contributed by atoms with Crippen LogP contribution in [0.2, 0.25) is 0 Å². The minimum absolute atomic E-state index is 0.0525. The third-order valence-corrected chi connectivity index (χ3v) is 7.72. The largest absolute Gasteiger partial charge is 0.494 e. The first-order valence-electron chi connectivity index (χ1n) is 9.98. The van der Waals surface area contributed by atoms with Crippen LogP contribution in [0.1, 0.15) is 56.1 Å². The van der Waals surface area contributed by atoms with E-state index in [1.54, 1.807) is 12.1 Å². The van der Waals surface area contributed by atoms with E-state index in [9.17, 15) is 22.6 Å². The first-order chi connectivity index (χ1) is 14.6. The second-order valence-corrected chi connectivity index (χ2v) is 10.4. The number of primary amides is 1. The summed E-state index contributed by atoms with van der Waals surface area (Å²) in [4.78, 5) is 24.1. The molecule has 1 aliphatic rings. The van der Waals surface area contributed by atoms with Crippen molar-refractivity contribution in [3.63, 3.8) is 0 Å². The molecule has 0 bridgehead atoms. The summed E-state index contributed by atoms with van der Waals surface area (Å²) in [6.45, 7) is 8.98. The SMILES string of the molecule is CC(=O)c1ccc(C(C(N)=O)(c2ccc(B3OC(C)(C)C(C)(C)O3)cc2)S(=O)(=O)O)cc1.